The summed E-state index contributed by atoms with van der Waals surface area (Å²) in [6.07, 6.45) is 2.24. The first-order chi connectivity index (χ1) is 15.3. The predicted molar refractivity (Wildman–Crippen MR) is 143 cm³/mol. The summed E-state index contributed by atoms with van der Waals surface area (Å²) < 4.78 is 16.2. The smallest absolute Gasteiger partial charge is 0.407 e. The molecule has 2 rings (SSSR count). The number of ether oxygens (including phenoxy) is 3. The highest BCUT2D eigenvalue weighted by molar-refractivity contribution is 14.0. The molecule has 1 heterocycles. The summed E-state index contributed by atoms with van der Waals surface area (Å²) in [5.74, 6) is 1.64. The normalized spacial score (nSPS) is 15.7. The number of alkyl carbamates (subject to hydrolysis) is 1. The molecule has 1 saturated heterocycles. The van der Waals surface area contributed by atoms with E-state index in [0.29, 0.717) is 19.6 Å². The maximum Gasteiger partial charge on any atom is 0.407 e. The van der Waals surface area contributed by atoms with E-state index in [4.69, 9.17) is 19.2 Å². The zero-order valence-corrected chi connectivity index (χ0v) is 23.0. The molecule has 3 N–H and O–H groups in total. The standard InChI is InChI=1S/C24H40N4O4.HI/c1-6-25-21(26-14-7-15-27-22(29)32-23(2,3)4)28-18-24(12-16-31-17-13-24)19-8-10-20(30-5)11-9-19;/h8-11H,6-7,12-18H2,1-5H3,(H,27,29)(H2,25,26,28);1H. The van der Waals surface area contributed by atoms with Gasteiger partial charge in [-0.15, -0.1) is 24.0 Å². The van der Waals surface area contributed by atoms with E-state index in [-0.39, 0.29) is 35.5 Å². The number of hydrogen-bond donors (Lipinski definition) is 3. The van der Waals surface area contributed by atoms with Gasteiger partial charge in [0, 0.05) is 38.3 Å². The molecule has 0 aromatic heterocycles. The lowest BCUT2D eigenvalue weighted by Gasteiger charge is -2.36. The number of rotatable bonds is 9. The Morgan fingerprint density at radius 2 is 1.73 bits per heavy atom. The molecule has 188 valence electrons. The fourth-order valence-corrected chi connectivity index (χ4v) is 3.62. The van der Waals surface area contributed by atoms with Crippen molar-refractivity contribution in [3.8, 4) is 5.75 Å². The highest BCUT2D eigenvalue weighted by Gasteiger charge is 2.34. The molecule has 1 aliphatic heterocycles. The molecule has 0 aliphatic carbocycles. The lowest BCUT2D eigenvalue weighted by Crippen LogP contribution is -2.42. The lowest BCUT2D eigenvalue weighted by molar-refractivity contribution is 0.0524. The number of aliphatic imine (C=N–C) groups is 1. The molecule has 1 aromatic rings. The van der Waals surface area contributed by atoms with E-state index in [2.05, 4.69) is 35.0 Å². The van der Waals surface area contributed by atoms with Crippen LogP contribution in [0.4, 0.5) is 4.79 Å². The van der Waals surface area contributed by atoms with Gasteiger partial charge < -0.3 is 30.2 Å². The Hall–Kier alpha value is -1.75. The van der Waals surface area contributed by atoms with E-state index in [1.165, 1.54) is 5.56 Å². The Kier molecular flexibility index (Phi) is 12.9. The molecule has 0 spiro atoms. The summed E-state index contributed by atoms with van der Waals surface area (Å²) in [5.41, 5.74) is 0.727. The predicted octanol–water partition coefficient (Wildman–Crippen LogP) is 3.83. The number of carbonyl (C=O) groups is 1. The van der Waals surface area contributed by atoms with E-state index in [0.717, 1.165) is 50.7 Å². The van der Waals surface area contributed by atoms with Gasteiger partial charge in [0.25, 0.3) is 0 Å². The molecule has 33 heavy (non-hydrogen) atoms. The molecule has 9 heteroatoms. The summed E-state index contributed by atoms with van der Waals surface area (Å²) in [7, 11) is 1.68. The molecule has 0 unspecified atom stereocenters. The minimum Gasteiger partial charge on any atom is -0.497 e. The molecule has 1 aromatic carbocycles. The fraction of sp³-hybridized carbons (Fsp3) is 0.667. The zero-order valence-electron chi connectivity index (χ0n) is 20.7. The van der Waals surface area contributed by atoms with Crippen LogP contribution in [-0.2, 0) is 14.9 Å². The Labute approximate surface area is 215 Å². The molecular weight excluding hydrogens is 535 g/mol. The Morgan fingerprint density at radius 3 is 2.30 bits per heavy atom. The van der Waals surface area contributed by atoms with Crippen LogP contribution < -0.4 is 20.7 Å². The van der Waals surface area contributed by atoms with E-state index < -0.39 is 5.60 Å². The number of halogens is 1. The molecule has 1 amide bonds. The van der Waals surface area contributed by atoms with Gasteiger partial charge in [0.1, 0.15) is 11.4 Å². The molecular formula is C24H41IN4O4. The maximum atomic E-state index is 11.7. The van der Waals surface area contributed by atoms with Crippen LogP contribution in [0.2, 0.25) is 0 Å². The number of guanidine groups is 1. The molecule has 1 fully saturated rings. The summed E-state index contributed by atoms with van der Waals surface area (Å²) >= 11 is 0. The lowest BCUT2D eigenvalue weighted by atomic mass is 9.74. The first-order valence-corrected chi connectivity index (χ1v) is 11.5. The van der Waals surface area contributed by atoms with Crippen molar-refractivity contribution in [3.05, 3.63) is 29.8 Å². The monoisotopic (exact) mass is 576 g/mol. The van der Waals surface area contributed by atoms with Gasteiger partial charge in [-0.05, 0) is 64.7 Å². The van der Waals surface area contributed by atoms with E-state index >= 15 is 0 Å². The number of hydrogen-bond acceptors (Lipinski definition) is 5. The van der Waals surface area contributed by atoms with Crippen molar-refractivity contribution in [2.45, 2.75) is 58.0 Å². The van der Waals surface area contributed by atoms with Crippen molar-refractivity contribution < 1.29 is 19.0 Å². The van der Waals surface area contributed by atoms with Crippen LogP contribution in [0.5, 0.6) is 5.75 Å². The fourth-order valence-electron chi connectivity index (χ4n) is 3.62. The van der Waals surface area contributed by atoms with Gasteiger partial charge in [-0.25, -0.2) is 4.79 Å². The van der Waals surface area contributed by atoms with Crippen molar-refractivity contribution in [1.82, 2.24) is 16.0 Å². The number of methoxy groups -OCH3 is 1. The Morgan fingerprint density at radius 1 is 1.09 bits per heavy atom. The Balaban J connectivity index is 0.00000544. The minimum atomic E-state index is -0.489. The summed E-state index contributed by atoms with van der Waals surface area (Å²) in [5, 5.41) is 9.46. The average Bonchev–Trinajstić information content (AvgIpc) is 2.76. The molecule has 1 aliphatic rings. The van der Waals surface area contributed by atoms with Gasteiger partial charge in [-0.3, -0.25) is 4.99 Å². The van der Waals surface area contributed by atoms with Gasteiger partial charge >= 0.3 is 6.09 Å². The number of carbonyl (C=O) groups excluding carboxylic acids is 1. The van der Waals surface area contributed by atoms with Gasteiger partial charge in [-0.2, -0.15) is 0 Å². The van der Waals surface area contributed by atoms with Gasteiger partial charge in [-0.1, -0.05) is 12.1 Å². The minimum absolute atomic E-state index is 0. The average molecular weight is 577 g/mol. The van der Waals surface area contributed by atoms with Crippen LogP contribution in [0.15, 0.2) is 29.3 Å². The van der Waals surface area contributed by atoms with E-state index in [9.17, 15) is 4.79 Å². The first kappa shape index (κ1) is 29.3. The number of benzene rings is 1. The first-order valence-electron chi connectivity index (χ1n) is 11.5. The van der Waals surface area contributed by atoms with Crippen LogP contribution in [-0.4, -0.2) is 64.2 Å². The summed E-state index contributed by atoms with van der Waals surface area (Å²) in [4.78, 5) is 16.6. The molecule has 0 saturated carbocycles. The maximum absolute atomic E-state index is 11.7. The van der Waals surface area contributed by atoms with Crippen molar-refractivity contribution >= 4 is 36.0 Å². The quantitative estimate of drug-likeness (QED) is 0.179. The van der Waals surface area contributed by atoms with Crippen molar-refractivity contribution in [2.24, 2.45) is 4.99 Å². The SMILES string of the molecule is CCNC(=NCC1(c2ccc(OC)cc2)CCOCC1)NCCCNC(=O)OC(C)(C)C.I. The van der Waals surface area contributed by atoms with Gasteiger partial charge in [0.15, 0.2) is 5.96 Å². The Bertz CT molecular complexity index is 729. The van der Waals surface area contributed by atoms with Crippen LogP contribution in [0.25, 0.3) is 0 Å². The molecule has 0 bridgehead atoms. The highest BCUT2D eigenvalue weighted by atomic mass is 127. The van der Waals surface area contributed by atoms with Crippen molar-refractivity contribution in [1.29, 1.82) is 0 Å². The summed E-state index contributed by atoms with van der Waals surface area (Å²) in [6.45, 7) is 11.8. The van der Waals surface area contributed by atoms with Crippen molar-refractivity contribution in [2.75, 3.05) is 46.5 Å². The topological polar surface area (TPSA) is 93.2 Å². The molecule has 0 radical (unpaired) electrons. The van der Waals surface area contributed by atoms with E-state index in [1.807, 2.05) is 32.9 Å². The number of amides is 1. The largest absolute Gasteiger partial charge is 0.497 e. The second-order valence-corrected chi connectivity index (χ2v) is 9.03. The van der Waals surface area contributed by atoms with Gasteiger partial charge in [0.05, 0.1) is 13.7 Å². The third-order valence-corrected chi connectivity index (χ3v) is 5.35. The van der Waals surface area contributed by atoms with Crippen LogP contribution in [0, 0.1) is 0 Å². The highest BCUT2D eigenvalue weighted by Crippen LogP contribution is 2.36. The van der Waals surface area contributed by atoms with Crippen LogP contribution >= 0.6 is 24.0 Å². The molecule has 8 nitrogen and oxygen atoms in total. The van der Waals surface area contributed by atoms with E-state index in [1.54, 1.807) is 7.11 Å². The van der Waals surface area contributed by atoms with Gasteiger partial charge in [0.2, 0.25) is 0 Å². The second kappa shape index (κ2) is 14.5. The second-order valence-electron chi connectivity index (χ2n) is 9.03. The van der Waals surface area contributed by atoms with Crippen LogP contribution in [0.3, 0.4) is 0 Å². The molecule has 0 atom stereocenters. The third-order valence-electron chi connectivity index (χ3n) is 5.35. The zero-order chi connectivity index (χ0) is 23.5. The number of nitrogens with zero attached hydrogens (tertiary/aromatic N) is 1. The summed E-state index contributed by atoms with van der Waals surface area (Å²) in [6, 6.07) is 8.31. The third kappa shape index (κ3) is 10.4. The van der Waals surface area contributed by atoms with Crippen molar-refractivity contribution in [3.63, 3.8) is 0 Å². The number of nitrogens with one attached hydrogen (secondary N) is 3. The van der Waals surface area contributed by atoms with Crippen LogP contribution in [0.1, 0.15) is 52.5 Å².